The van der Waals surface area contributed by atoms with Gasteiger partial charge in [-0.3, -0.25) is 0 Å². The molecule has 11 heteroatoms. The molecule has 0 aliphatic carbocycles. The molecule has 1 N–H and O–H groups in total. The molecule has 0 bridgehead atoms. The smallest absolute Gasteiger partial charge is 0.410 e. The summed E-state index contributed by atoms with van der Waals surface area (Å²) in [6, 6.07) is 6.60. The van der Waals surface area contributed by atoms with E-state index in [0.717, 1.165) is 0 Å². The molecule has 146 valence electrons. The first-order valence-corrected chi connectivity index (χ1v) is 9.91. The topological polar surface area (TPSA) is 120 Å². The lowest BCUT2D eigenvalue weighted by Gasteiger charge is -2.35. The van der Waals surface area contributed by atoms with Crippen molar-refractivity contribution in [3.8, 4) is 5.75 Å². The fraction of sp³-hybridized carbons (Fsp3) is 0.438. The van der Waals surface area contributed by atoms with E-state index in [9.17, 15) is 18.5 Å². The number of nitrogens with one attached hydrogen (secondary N) is 1. The molecule has 2 aromatic rings. The Labute approximate surface area is 156 Å². The summed E-state index contributed by atoms with van der Waals surface area (Å²) in [6.45, 7) is 3.05. The van der Waals surface area contributed by atoms with Gasteiger partial charge in [0.25, 0.3) is 10.0 Å². The van der Waals surface area contributed by atoms with Crippen molar-refractivity contribution in [2.24, 2.45) is 0 Å². The van der Waals surface area contributed by atoms with Gasteiger partial charge < -0.3 is 20.2 Å². The van der Waals surface area contributed by atoms with Crippen molar-refractivity contribution in [3.05, 3.63) is 46.1 Å². The molecule has 10 nitrogen and oxygen atoms in total. The van der Waals surface area contributed by atoms with Gasteiger partial charge in [0.05, 0.1) is 31.0 Å². The van der Waals surface area contributed by atoms with Gasteiger partial charge in [-0.25, -0.2) is 8.42 Å². The highest BCUT2D eigenvalue weighted by Gasteiger charge is 2.41. The van der Waals surface area contributed by atoms with Crippen molar-refractivity contribution in [1.82, 2.24) is 19.4 Å². The van der Waals surface area contributed by atoms with E-state index in [-0.39, 0.29) is 6.54 Å². The largest absolute Gasteiger partial charge is 0.496 e. The maximum Gasteiger partial charge on any atom is 0.410 e. The standard InChI is InChI=1S/C16H21N5O5S/c1-3-19-11-15(16(18-19)21(22)23)27(24,25)20-9-8-17-10-13(20)12-6-4-5-7-14(12)26-2/h4-7,11,13,17H,3,8-10H2,1-2H3. The van der Waals surface area contributed by atoms with Crippen LogP contribution in [0.1, 0.15) is 18.5 Å². The number of aromatic nitrogens is 2. The molecule has 0 amide bonds. The molecular formula is C16H21N5O5S. The molecule has 3 rings (SSSR count). The normalized spacial score (nSPS) is 18.4. The molecule has 0 radical (unpaired) electrons. The van der Waals surface area contributed by atoms with Crippen LogP contribution in [0.25, 0.3) is 0 Å². The molecular weight excluding hydrogens is 374 g/mol. The fourth-order valence-electron chi connectivity index (χ4n) is 3.17. The van der Waals surface area contributed by atoms with Gasteiger partial charge in [0.1, 0.15) is 5.75 Å². The van der Waals surface area contributed by atoms with Gasteiger partial charge in [0.2, 0.25) is 4.90 Å². The van der Waals surface area contributed by atoms with E-state index >= 15 is 0 Å². The summed E-state index contributed by atoms with van der Waals surface area (Å²) in [4.78, 5) is 10.2. The predicted molar refractivity (Wildman–Crippen MR) is 97.1 cm³/mol. The second kappa shape index (κ2) is 7.62. The Balaban J connectivity index is 2.09. The third-order valence-corrected chi connectivity index (χ3v) is 6.38. The minimum absolute atomic E-state index is 0.180. The monoisotopic (exact) mass is 395 g/mol. The number of hydrogen-bond donors (Lipinski definition) is 1. The third-order valence-electron chi connectivity index (χ3n) is 4.49. The Kier molecular flexibility index (Phi) is 5.44. The number of nitro groups is 1. The second-order valence-electron chi connectivity index (χ2n) is 6.01. The van der Waals surface area contributed by atoms with Crippen molar-refractivity contribution in [2.45, 2.75) is 24.4 Å². The number of benzene rings is 1. The lowest BCUT2D eigenvalue weighted by atomic mass is 10.0. The zero-order valence-corrected chi connectivity index (χ0v) is 15.8. The first-order valence-electron chi connectivity index (χ1n) is 8.47. The summed E-state index contributed by atoms with van der Waals surface area (Å²) in [5.41, 5.74) is 0.696. The van der Waals surface area contributed by atoms with Crippen molar-refractivity contribution >= 4 is 15.8 Å². The number of piperazine rings is 1. The lowest BCUT2D eigenvalue weighted by Crippen LogP contribution is -2.48. The SMILES string of the molecule is CCn1cc(S(=O)(=O)N2CCNCC2c2ccccc2OC)c([N+](=O)[O-])n1. The zero-order chi connectivity index (χ0) is 19.6. The predicted octanol–water partition coefficient (Wildman–Crippen LogP) is 1.15. The fourth-order valence-corrected chi connectivity index (χ4v) is 4.88. The van der Waals surface area contributed by atoms with Crippen molar-refractivity contribution in [3.63, 3.8) is 0 Å². The van der Waals surface area contributed by atoms with E-state index in [0.29, 0.717) is 30.9 Å². The highest BCUT2D eigenvalue weighted by atomic mass is 32.2. The molecule has 1 atom stereocenters. The van der Waals surface area contributed by atoms with Crippen LogP contribution in [-0.2, 0) is 16.6 Å². The number of rotatable bonds is 6. The van der Waals surface area contributed by atoms with Crippen molar-refractivity contribution in [1.29, 1.82) is 0 Å². The van der Waals surface area contributed by atoms with Gasteiger partial charge in [0, 0.05) is 25.2 Å². The first kappa shape index (κ1) is 19.3. The molecule has 1 unspecified atom stereocenters. The maximum absolute atomic E-state index is 13.3. The van der Waals surface area contributed by atoms with E-state index in [1.807, 2.05) is 0 Å². The average Bonchev–Trinajstić information content (AvgIpc) is 3.14. The Morgan fingerprint density at radius 1 is 1.41 bits per heavy atom. The van der Waals surface area contributed by atoms with Gasteiger partial charge >= 0.3 is 5.82 Å². The number of methoxy groups -OCH3 is 1. The summed E-state index contributed by atoms with van der Waals surface area (Å²) < 4.78 is 34.6. The number of hydrogen-bond acceptors (Lipinski definition) is 7. The number of para-hydroxylation sites is 1. The summed E-state index contributed by atoms with van der Waals surface area (Å²) in [7, 11) is -2.62. The van der Waals surface area contributed by atoms with Crippen molar-refractivity contribution in [2.75, 3.05) is 26.7 Å². The summed E-state index contributed by atoms with van der Waals surface area (Å²) in [5.74, 6) is -0.0979. The van der Waals surface area contributed by atoms with Crippen LogP contribution in [0.15, 0.2) is 35.4 Å². The van der Waals surface area contributed by atoms with E-state index < -0.39 is 31.7 Å². The molecule has 2 heterocycles. The average molecular weight is 395 g/mol. The Morgan fingerprint density at radius 2 is 2.15 bits per heavy atom. The molecule has 1 aliphatic rings. The summed E-state index contributed by atoms with van der Waals surface area (Å²) in [6.07, 6.45) is 1.22. The highest BCUT2D eigenvalue weighted by molar-refractivity contribution is 7.89. The zero-order valence-electron chi connectivity index (χ0n) is 15.0. The van der Waals surface area contributed by atoms with Crippen molar-refractivity contribution < 1.29 is 18.1 Å². The van der Waals surface area contributed by atoms with E-state index in [1.165, 1.54) is 22.3 Å². The molecule has 1 aromatic heterocycles. The van der Waals surface area contributed by atoms with Crippen LogP contribution in [0.2, 0.25) is 0 Å². The van der Waals surface area contributed by atoms with Gasteiger partial charge in [-0.1, -0.05) is 18.2 Å². The van der Waals surface area contributed by atoms with Crippen LogP contribution < -0.4 is 10.1 Å². The van der Waals surface area contributed by atoms with E-state index in [1.54, 1.807) is 31.2 Å². The van der Waals surface area contributed by atoms with Crippen LogP contribution in [-0.4, -0.2) is 54.2 Å². The van der Waals surface area contributed by atoms with Crippen LogP contribution >= 0.6 is 0 Å². The van der Waals surface area contributed by atoms with E-state index in [4.69, 9.17) is 4.74 Å². The molecule has 0 spiro atoms. The van der Waals surface area contributed by atoms with Crippen LogP contribution in [0.4, 0.5) is 5.82 Å². The Hall–Kier alpha value is -2.50. The number of nitrogens with zero attached hydrogens (tertiary/aromatic N) is 4. The lowest BCUT2D eigenvalue weighted by molar-refractivity contribution is -0.392. The van der Waals surface area contributed by atoms with Crippen LogP contribution in [0, 0.1) is 10.1 Å². The molecule has 27 heavy (non-hydrogen) atoms. The quantitative estimate of drug-likeness (QED) is 0.575. The molecule has 1 aromatic carbocycles. The Bertz CT molecular complexity index is 942. The van der Waals surface area contributed by atoms with Gasteiger partial charge in [-0.15, -0.1) is 0 Å². The summed E-state index contributed by atoms with van der Waals surface area (Å²) in [5, 5.41) is 18.3. The minimum atomic E-state index is -4.14. The first-order chi connectivity index (χ1) is 12.9. The molecule has 0 saturated carbocycles. The molecule has 1 saturated heterocycles. The number of aryl methyl sites for hydroxylation is 1. The molecule has 1 fully saturated rings. The van der Waals surface area contributed by atoms with E-state index in [2.05, 4.69) is 10.4 Å². The minimum Gasteiger partial charge on any atom is -0.496 e. The van der Waals surface area contributed by atoms with Crippen LogP contribution in [0.5, 0.6) is 5.75 Å². The van der Waals surface area contributed by atoms with Gasteiger partial charge in [0.15, 0.2) is 0 Å². The van der Waals surface area contributed by atoms with Gasteiger partial charge in [-0.2, -0.15) is 8.99 Å². The maximum atomic E-state index is 13.3. The second-order valence-corrected chi connectivity index (χ2v) is 7.87. The van der Waals surface area contributed by atoms with Gasteiger partial charge in [-0.05, 0) is 17.9 Å². The summed E-state index contributed by atoms with van der Waals surface area (Å²) >= 11 is 0. The highest BCUT2D eigenvalue weighted by Crippen LogP contribution is 2.35. The molecule has 1 aliphatic heterocycles. The van der Waals surface area contributed by atoms with Crippen LogP contribution in [0.3, 0.4) is 0 Å². The Morgan fingerprint density at radius 3 is 2.81 bits per heavy atom. The number of ether oxygens (including phenoxy) is 1. The third kappa shape index (κ3) is 3.53. The number of sulfonamides is 1.